The summed E-state index contributed by atoms with van der Waals surface area (Å²) in [6.45, 7) is 5.53. The average Bonchev–Trinajstić information content (AvgIpc) is 2.08. The Labute approximate surface area is 80.9 Å². The lowest BCUT2D eigenvalue weighted by molar-refractivity contribution is 0.216. The van der Waals surface area contributed by atoms with Gasteiger partial charge in [-0.2, -0.15) is 0 Å². The summed E-state index contributed by atoms with van der Waals surface area (Å²) in [5.74, 6) is 0. The predicted octanol–water partition coefficient (Wildman–Crippen LogP) is 1.99. The van der Waals surface area contributed by atoms with Crippen molar-refractivity contribution in [3.8, 4) is 0 Å². The van der Waals surface area contributed by atoms with Gasteiger partial charge >= 0.3 is 0 Å². The van der Waals surface area contributed by atoms with E-state index >= 15 is 0 Å². The molecule has 0 heterocycles. The summed E-state index contributed by atoms with van der Waals surface area (Å²) in [6.07, 6.45) is -0.167. The Morgan fingerprint density at radius 2 is 1.31 bits per heavy atom. The van der Waals surface area contributed by atoms with E-state index in [2.05, 4.69) is 19.1 Å². The molecule has 1 aromatic carbocycles. The third-order valence-corrected chi connectivity index (χ3v) is 0.940. The highest BCUT2D eigenvalue weighted by Gasteiger charge is 1.72. The van der Waals surface area contributed by atoms with E-state index in [4.69, 9.17) is 10.2 Å². The Balaban J connectivity index is 0. The van der Waals surface area contributed by atoms with Gasteiger partial charge < -0.3 is 10.2 Å². The molecule has 0 saturated carbocycles. The molecule has 2 N–H and O–H groups in total. The smallest absolute Gasteiger partial charge is 0.0483 e. The summed E-state index contributed by atoms with van der Waals surface area (Å²) in [7, 11) is 1.00. The van der Waals surface area contributed by atoms with Crippen LogP contribution in [0.15, 0.2) is 30.3 Å². The average molecular weight is 184 g/mol. The molecule has 1 aromatic rings. The molecule has 0 radical (unpaired) electrons. The van der Waals surface area contributed by atoms with Crippen LogP contribution in [0.2, 0.25) is 0 Å². The van der Waals surface area contributed by atoms with Gasteiger partial charge in [-0.3, -0.25) is 0 Å². The number of hydrogen-bond donors (Lipinski definition) is 2. The first kappa shape index (κ1) is 14.7. The van der Waals surface area contributed by atoms with Crippen molar-refractivity contribution in [2.45, 2.75) is 26.9 Å². The molecule has 0 saturated heterocycles. The Morgan fingerprint density at radius 1 is 1.00 bits per heavy atom. The molecule has 0 amide bonds. The molecule has 76 valence electrons. The van der Waals surface area contributed by atoms with Crippen LogP contribution in [-0.2, 0) is 0 Å². The molecule has 0 unspecified atom stereocenters. The van der Waals surface area contributed by atoms with Gasteiger partial charge in [0.1, 0.15) is 0 Å². The number of hydrogen-bond acceptors (Lipinski definition) is 2. The third-order valence-electron chi connectivity index (χ3n) is 0.940. The summed E-state index contributed by atoms with van der Waals surface area (Å²) >= 11 is 0. The van der Waals surface area contributed by atoms with Crippen LogP contribution >= 0.6 is 0 Å². The van der Waals surface area contributed by atoms with Crippen LogP contribution in [0.5, 0.6) is 0 Å². The van der Waals surface area contributed by atoms with E-state index in [1.54, 1.807) is 13.8 Å². The van der Waals surface area contributed by atoms with Crippen molar-refractivity contribution in [2.75, 3.05) is 7.11 Å². The van der Waals surface area contributed by atoms with Gasteiger partial charge in [-0.15, -0.1) is 0 Å². The zero-order chi connectivity index (χ0) is 10.7. The molecule has 1 rings (SSSR count). The summed E-state index contributed by atoms with van der Waals surface area (Å²) in [6, 6.07) is 10.3. The summed E-state index contributed by atoms with van der Waals surface area (Å²) < 4.78 is 0. The normalized spacial score (nSPS) is 7.92. The van der Waals surface area contributed by atoms with E-state index in [0.717, 1.165) is 7.11 Å². The highest BCUT2D eigenvalue weighted by molar-refractivity contribution is 5.11. The van der Waals surface area contributed by atoms with Crippen LogP contribution in [0.1, 0.15) is 19.4 Å². The maximum atomic E-state index is 8.06. The lowest BCUT2D eigenvalue weighted by atomic mass is 10.2. The predicted molar refractivity (Wildman–Crippen MR) is 56.7 cm³/mol. The van der Waals surface area contributed by atoms with Crippen molar-refractivity contribution >= 4 is 0 Å². The zero-order valence-electron chi connectivity index (χ0n) is 8.86. The SMILES string of the molecule is CC(C)O.CO.Cc1ccccc1. The van der Waals surface area contributed by atoms with Gasteiger partial charge in [0.2, 0.25) is 0 Å². The molecule has 2 heteroatoms. The number of benzene rings is 1. The van der Waals surface area contributed by atoms with Crippen molar-refractivity contribution in [1.29, 1.82) is 0 Å². The van der Waals surface area contributed by atoms with Gasteiger partial charge in [-0.1, -0.05) is 35.9 Å². The molecule has 0 aliphatic heterocycles. The molecule has 13 heavy (non-hydrogen) atoms. The summed E-state index contributed by atoms with van der Waals surface area (Å²) in [5, 5.41) is 15.1. The van der Waals surface area contributed by atoms with Gasteiger partial charge in [0.25, 0.3) is 0 Å². The molecule has 0 fully saturated rings. The van der Waals surface area contributed by atoms with Gasteiger partial charge in [0.15, 0.2) is 0 Å². The van der Waals surface area contributed by atoms with E-state index < -0.39 is 0 Å². The molecule has 0 aliphatic rings. The monoisotopic (exact) mass is 184 g/mol. The van der Waals surface area contributed by atoms with Crippen LogP contribution in [0.4, 0.5) is 0 Å². The minimum atomic E-state index is -0.167. The quantitative estimate of drug-likeness (QED) is 0.647. The fraction of sp³-hybridized carbons (Fsp3) is 0.455. The molecular formula is C11H20O2. The largest absolute Gasteiger partial charge is 0.400 e. The van der Waals surface area contributed by atoms with Crippen LogP contribution in [-0.4, -0.2) is 23.4 Å². The Hall–Kier alpha value is -0.860. The highest BCUT2D eigenvalue weighted by atomic mass is 16.3. The molecule has 0 atom stereocenters. The topological polar surface area (TPSA) is 40.5 Å². The summed E-state index contributed by atoms with van der Waals surface area (Å²) in [4.78, 5) is 0. The van der Waals surface area contributed by atoms with E-state index in [1.807, 2.05) is 18.2 Å². The van der Waals surface area contributed by atoms with Crippen molar-refractivity contribution in [2.24, 2.45) is 0 Å². The maximum absolute atomic E-state index is 8.06. The van der Waals surface area contributed by atoms with E-state index in [0.29, 0.717) is 0 Å². The molecule has 0 aliphatic carbocycles. The van der Waals surface area contributed by atoms with Gasteiger partial charge in [-0.05, 0) is 20.8 Å². The molecule has 0 spiro atoms. The first-order valence-electron chi connectivity index (χ1n) is 4.27. The van der Waals surface area contributed by atoms with Gasteiger partial charge in [0.05, 0.1) is 0 Å². The van der Waals surface area contributed by atoms with Crippen LogP contribution in [0.3, 0.4) is 0 Å². The second kappa shape index (κ2) is 11.1. The highest BCUT2D eigenvalue weighted by Crippen LogP contribution is 1.92. The molecule has 0 bridgehead atoms. The third kappa shape index (κ3) is 18.3. The minimum Gasteiger partial charge on any atom is -0.400 e. The van der Waals surface area contributed by atoms with Crippen molar-refractivity contribution in [3.05, 3.63) is 35.9 Å². The molecular weight excluding hydrogens is 164 g/mol. The zero-order valence-corrected chi connectivity index (χ0v) is 8.86. The second-order valence-electron chi connectivity index (χ2n) is 2.75. The first-order valence-corrected chi connectivity index (χ1v) is 4.27. The number of aliphatic hydroxyl groups excluding tert-OH is 2. The van der Waals surface area contributed by atoms with Gasteiger partial charge in [-0.25, -0.2) is 0 Å². The van der Waals surface area contributed by atoms with E-state index in [-0.39, 0.29) is 6.10 Å². The summed E-state index contributed by atoms with van der Waals surface area (Å²) in [5.41, 5.74) is 1.32. The van der Waals surface area contributed by atoms with Crippen molar-refractivity contribution < 1.29 is 10.2 Å². The number of aryl methyl sites for hydroxylation is 1. The van der Waals surface area contributed by atoms with Gasteiger partial charge in [0, 0.05) is 13.2 Å². The van der Waals surface area contributed by atoms with Crippen LogP contribution in [0.25, 0.3) is 0 Å². The van der Waals surface area contributed by atoms with Crippen molar-refractivity contribution in [3.63, 3.8) is 0 Å². The lowest BCUT2D eigenvalue weighted by Crippen LogP contribution is -1.85. The molecule has 2 nitrogen and oxygen atoms in total. The Bertz CT molecular complexity index is 168. The Kier molecular flexibility index (Phi) is 12.6. The fourth-order valence-corrected chi connectivity index (χ4v) is 0.534. The lowest BCUT2D eigenvalue weighted by Gasteiger charge is -1.82. The fourth-order valence-electron chi connectivity index (χ4n) is 0.534. The molecule has 0 aromatic heterocycles. The van der Waals surface area contributed by atoms with Crippen LogP contribution < -0.4 is 0 Å². The second-order valence-corrected chi connectivity index (χ2v) is 2.75. The van der Waals surface area contributed by atoms with Crippen molar-refractivity contribution in [1.82, 2.24) is 0 Å². The van der Waals surface area contributed by atoms with E-state index in [9.17, 15) is 0 Å². The number of aliphatic hydroxyl groups is 2. The standard InChI is InChI=1S/C7H8.C3H8O.CH4O/c1-7-5-3-2-4-6-7;1-3(2)4;1-2/h2-6H,1H3;3-4H,1-2H3;2H,1H3. The Morgan fingerprint density at radius 3 is 1.46 bits per heavy atom. The first-order chi connectivity index (χ1) is 6.13. The maximum Gasteiger partial charge on any atom is 0.0483 e. The van der Waals surface area contributed by atoms with Crippen LogP contribution in [0, 0.1) is 6.92 Å². The van der Waals surface area contributed by atoms with E-state index in [1.165, 1.54) is 5.56 Å². The number of rotatable bonds is 0. The minimum absolute atomic E-state index is 0.167.